The molecular weight excluding hydrogens is 662 g/mol. The minimum atomic E-state index is -0.887. The van der Waals surface area contributed by atoms with Gasteiger partial charge in [0.25, 0.3) is 5.09 Å². The molecule has 1 saturated carbocycles. The normalized spacial score (nSPS) is 23.6. The van der Waals surface area contributed by atoms with Gasteiger partial charge in [-0.05, 0) is 74.1 Å². The Hall–Kier alpha value is -3.56. The number of hydrogen-bond donors (Lipinski definition) is 1. The molecule has 0 amide bonds. The molecule has 270 valence electrons. The first-order chi connectivity index (χ1) is 23.9. The first-order valence-corrected chi connectivity index (χ1v) is 17.3. The third kappa shape index (κ3) is 11.5. The van der Waals surface area contributed by atoms with Crippen LogP contribution in [0.3, 0.4) is 0 Å². The van der Waals surface area contributed by atoms with E-state index in [1.807, 2.05) is 36.4 Å². The summed E-state index contributed by atoms with van der Waals surface area (Å²) in [6.45, 7) is 3.90. The molecule has 1 saturated heterocycles. The number of nitrogens with zero attached hydrogens (tertiary/aromatic N) is 2. The zero-order chi connectivity index (χ0) is 34.4. The highest BCUT2D eigenvalue weighted by Crippen LogP contribution is 2.34. The molecule has 2 heterocycles. The number of methoxy groups -OCH3 is 1. The van der Waals surface area contributed by atoms with E-state index in [1.165, 1.54) is 0 Å². The molecule has 2 aromatic rings. The summed E-state index contributed by atoms with van der Waals surface area (Å²) in [6.07, 6.45) is 1.65. The van der Waals surface area contributed by atoms with Crippen molar-refractivity contribution in [3.8, 4) is 11.5 Å². The molecule has 0 radical (unpaired) electrons. The molecule has 1 aliphatic carbocycles. The van der Waals surface area contributed by atoms with Crippen LogP contribution in [0.15, 0.2) is 42.5 Å². The van der Waals surface area contributed by atoms with E-state index >= 15 is 0 Å². The van der Waals surface area contributed by atoms with Crippen molar-refractivity contribution in [1.29, 1.82) is 0 Å². The highest BCUT2D eigenvalue weighted by Gasteiger charge is 2.40. The number of piperidine rings is 1. The minimum Gasteiger partial charge on any atom is -0.490 e. The fourth-order valence-corrected chi connectivity index (χ4v) is 6.37. The number of fused-ring (bicyclic) bond motifs is 1. The SMILES string of the molecule is COCCCN1CCOc2ccc(COC3CNCC(OC(=O)OCCCO[N+](=O)[O-])C3OC3CCC(Oc4ccc(Cl)cc4)CC3)cc21. The molecule has 0 bridgehead atoms. The maximum atomic E-state index is 12.6. The Morgan fingerprint density at radius 2 is 1.80 bits per heavy atom. The van der Waals surface area contributed by atoms with Gasteiger partial charge in [0.05, 0.1) is 44.3 Å². The largest absolute Gasteiger partial charge is 0.508 e. The zero-order valence-corrected chi connectivity index (χ0v) is 28.6. The van der Waals surface area contributed by atoms with Crippen LogP contribution in [0, 0.1) is 10.1 Å². The van der Waals surface area contributed by atoms with Crippen molar-refractivity contribution in [3.63, 3.8) is 0 Å². The number of carbonyl (C=O) groups excluding carboxylic acids is 1. The third-order valence-electron chi connectivity index (χ3n) is 8.69. The van der Waals surface area contributed by atoms with Gasteiger partial charge in [-0.15, -0.1) is 10.1 Å². The monoisotopic (exact) mass is 707 g/mol. The Kier molecular flexibility index (Phi) is 14.2. The van der Waals surface area contributed by atoms with Crippen LogP contribution in [0.1, 0.15) is 44.1 Å². The Labute approximate surface area is 291 Å². The van der Waals surface area contributed by atoms with Crippen LogP contribution in [0.5, 0.6) is 11.5 Å². The van der Waals surface area contributed by atoms with Crippen molar-refractivity contribution >= 4 is 23.4 Å². The lowest BCUT2D eigenvalue weighted by Gasteiger charge is -2.40. The number of halogens is 1. The van der Waals surface area contributed by atoms with Crippen molar-refractivity contribution in [1.82, 2.24) is 5.32 Å². The third-order valence-corrected chi connectivity index (χ3v) is 8.94. The molecule has 3 atom stereocenters. The van der Waals surface area contributed by atoms with E-state index < -0.39 is 29.6 Å². The fraction of sp³-hybridized carbons (Fsp3) is 0.618. The average Bonchev–Trinajstić information content (AvgIpc) is 3.10. The summed E-state index contributed by atoms with van der Waals surface area (Å²) in [5.74, 6) is 1.63. The van der Waals surface area contributed by atoms with Gasteiger partial charge in [0, 0.05) is 44.8 Å². The van der Waals surface area contributed by atoms with Crippen molar-refractivity contribution in [2.24, 2.45) is 0 Å². The molecule has 2 aliphatic heterocycles. The summed E-state index contributed by atoms with van der Waals surface area (Å²) in [5.41, 5.74) is 2.02. The van der Waals surface area contributed by atoms with E-state index in [0.717, 1.165) is 67.9 Å². The number of rotatable bonds is 17. The second kappa shape index (κ2) is 19.0. The molecule has 15 heteroatoms. The van der Waals surface area contributed by atoms with Crippen LogP contribution in [-0.2, 0) is 35.1 Å². The first-order valence-electron chi connectivity index (χ1n) is 16.9. The van der Waals surface area contributed by atoms with Gasteiger partial charge in [-0.1, -0.05) is 17.7 Å². The standard InChI is InChI=1S/C34H46ClN3O11/c1-42-16-2-14-37-15-19-43-30-13-4-24(20-29(30)37)23-45-31-21-36-22-32(49-34(39)44-17-3-18-46-38(40)41)33(31)48-28-11-9-27(10-12-28)47-26-7-5-25(35)6-8-26/h4-8,13,20,27-28,31-33,36H,2-3,9-12,14-19,21-23H2,1H3. The molecule has 49 heavy (non-hydrogen) atoms. The van der Waals surface area contributed by atoms with E-state index in [4.69, 9.17) is 44.8 Å². The Morgan fingerprint density at radius 3 is 2.57 bits per heavy atom. The van der Waals surface area contributed by atoms with E-state index in [1.54, 1.807) is 7.11 Å². The van der Waals surface area contributed by atoms with Crippen molar-refractivity contribution in [2.45, 2.75) is 75.7 Å². The maximum Gasteiger partial charge on any atom is 0.508 e. The van der Waals surface area contributed by atoms with E-state index in [2.05, 4.69) is 21.1 Å². The lowest BCUT2D eigenvalue weighted by molar-refractivity contribution is -0.757. The van der Waals surface area contributed by atoms with Crippen LogP contribution in [0.25, 0.3) is 0 Å². The quantitative estimate of drug-likeness (QED) is 0.102. The van der Waals surface area contributed by atoms with Gasteiger partial charge in [-0.3, -0.25) is 0 Å². The molecule has 0 aromatic heterocycles. The summed E-state index contributed by atoms with van der Waals surface area (Å²) in [7, 11) is 1.71. The van der Waals surface area contributed by atoms with Gasteiger partial charge >= 0.3 is 6.16 Å². The Morgan fingerprint density at radius 1 is 1.02 bits per heavy atom. The number of anilines is 1. The molecule has 3 unspecified atom stereocenters. The number of carbonyl (C=O) groups is 1. The highest BCUT2D eigenvalue weighted by atomic mass is 35.5. The van der Waals surface area contributed by atoms with Crippen LogP contribution in [0.2, 0.25) is 5.02 Å². The van der Waals surface area contributed by atoms with Gasteiger partial charge in [0.15, 0.2) is 0 Å². The summed E-state index contributed by atoms with van der Waals surface area (Å²) in [4.78, 5) is 29.6. The topological polar surface area (TPSA) is 149 Å². The lowest BCUT2D eigenvalue weighted by Crippen LogP contribution is -2.58. The second-order valence-corrected chi connectivity index (χ2v) is 12.7. The van der Waals surface area contributed by atoms with Crippen molar-refractivity contribution < 1.29 is 47.9 Å². The predicted octanol–water partition coefficient (Wildman–Crippen LogP) is 4.96. The second-order valence-electron chi connectivity index (χ2n) is 12.2. The van der Waals surface area contributed by atoms with Gasteiger partial charge < -0.3 is 48.2 Å². The summed E-state index contributed by atoms with van der Waals surface area (Å²) in [6, 6.07) is 13.4. The predicted molar refractivity (Wildman–Crippen MR) is 179 cm³/mol. The summed E-state index contributed by atoms with van der Waals surface area (Å²) >= 11 is 6.02. The average molecular weight is 708 g/mol. The van der Waals surface area contributed by atoms with Gasteiger partial charge in [0.2, 0.25) is 0 Å². The molecule has 14 nitrogen and oxygen atoms in total. The maximum absolute atomic E-state index is 12.6. The first kappa shape index (κ1) is 36.7. The van der Waals surface area contributed by atoms with E-state index in [0.29, 0.717) is 37.9 Å². The zero-order valence-electron chi connectivity index (χ0n) is 27.8. The minimum absolute atomic E-state index is 0.0597. The lowest BCUT2D eigenvalue weighted by atomic mass is 9.94. The molecule has 1 N–H and O–H groups in total. The smallest absolute Gasteiger partial charge is 0.490 e. The van der Waals surface area contributed by atoms with E-state index in [-0.39, 0.29) is 31.8 Å². The molecule has 2 aromatic carbocycles. The van der Waals surface area contributed by atoms with Crippen LogP contribution in [-0.4, -0.2) is 101 Å². The summed E-state index contributed by atoms with van der Waals surface area (Å²) in [5, 5.41) is 13.4. The fourth-order valence-electron chi connectivity index (χ4n) is 6.25. The van der Waals surface area contributed by atoms with Crippen LogP contribution in [0.4, 0.5) is 10.5 Å². The Balaban J connectivity index is 1.20. The number of nitrogens with one attached hydrogen (secondary N) is 1. The van der Waals surface area contributed by atoms with Crippen LogP contribution >= 0.6 is 11.6 Å². The highest BCUT2D eigenvalue weighted by molar-refractivity contribution is 6.30. The molecular formula is C34H46ClN3O11. The molecule has 0 spiro atoms. The molecule has 2 fully saturated rings. The van der Waals surface area contributed by atoms with E-state index in [9.17, 15) is 14.9 Å². The van der Waals surface area contributed by atoms with Gasteiger partial charge in [-0.2, -0.15) is 0 Å². The number of benzene rings is 2. The number of hydrogen-bond acceptors (Lipinski definition) is 13. The number of ether oxygens (including phenoxy) is 7. The van der Waals surface area contributed by atoms with Crippen LogP contribution < -0.4 is 19.7 Å². The molecule has 3 aliphatic rings. The Bertz CT molecular complexity index is 1330. The van der Waals surface area contributed by atoms with Crippen molar-refractivity contribution in [3.05, 3.63) is 63.2 Å². The van der Waals surface area contributed by atoms with Gasteiger partial charge in [-0.25, -0.2) is 4.79 Å². The molecule has 5 rings (SSSR count). The van der Waals surface area contributed by atoms with Gasteiger partial charge in [0.1, 0.15) is 36.4 Å². The summed E-state index contributed by atoms with van der Waals surface area (Å²) < 4.78 is 41.4. The van der Waals surface area contributed by atoms with Crippen molar-refractivity contribution in [2.75, 3.05) is 64.6 Å².